The van der Waals surface area contributed by atoms with E-state index in [2.05, 4.69) is 9.97 Å². The van der Waals surface area contributed by atoms with Gasteiger partial charge in [0.1, 0.15) is 5.75 Å². The molecule has 2 aromatic carbocycles. The summed E-state index contributed by atoms with van der Waals surface area (Å²) in [5, 5.41) is 1.70. The normalized spacial score (nSPS) is 12.2. The van der Waals surface area contributed by atoms with Crippen molar-refractivity contribution < 1.29 is 9.53 Å². The highest BCUT2D eigenvalue weighted by molar-refractivity contribution is 6.30. The van der Waals surface area contributed by atoms with Gasteiger partial charge in [-0.3, -0.25) is 4.79 Å². The summed E-state index contributed by atoms with van der Waals surface area (Å²) >= 11 is 6.08. The molecule has 2 aromatic heterocycles. The summed E-state index contributed by atoms with van der Waals surface area (Å²) < 4.78 is 7.14. The number of fused-ring (bicyclic) bond motifs is 1. The molecule has 2 heterocycles. The van der Waals surface area contributed by atoms with E-state index in [-0.39, 0.29) is 11.7 Å². The number of rotatable bonds is 6. The molecule has 0 aliphatic heterocycles. The van der Waals surface area contributed by atoms with Crippen LogP contribution in [0.25, 0.3) is 10.9 Å². The lowest BCUT2D eigenvalue weighted by atomic mass is 9.86. The number of carbonyl (C=O) groups excluding carboxylic acids is 1. The lowest BCUT2D eigenvalue weighted by Crippen LogP contribution is -2.13. The van der Waals surface area contributed by atoms with Gasteiger partial charge in [-0.1, -0.05) is 23.7 Å². The number of imidazole rings is 1. The summed E-state index contributed by atoms with van der Waals surface area (Å²) in [4.78, 5) is 20.5. The molecule has 5 nitrogen and oxygen atoms in total. The third-order valence-corrected chi connectivity index (χ3v) is 5.28. The lowest BCUT2D eigenvalue weighted by Gasteiger charge is -2.17. The van der Waals surface area contributed by atoms with Gasteiger partial charge in [0, 0.05) is 53.9 Å². The monoisotopic (exact) mass is 393 g/mol. The van der Waals surface area contributed by atoms with Crippen molar-refractivity contribution in [1.29, 1.82) is 0 Å². The molecule has 0 fully saturated rings. The molecule has 0 radical (unpaired) electrons. The van der Waals surface area contributed by atoms with Gasteiger partial charge in [0.2, 0.25) is 0 Å². The second-order valence-electron chi connectivity index (χ2n) is 6.75. The molecule has 0 spiro atoms. The first-order chi connectivity index (χ1) is 13.6. The Hall–Kier alpha value is -3.05. The second kappa shape index (κ2) is 7.52. The van der Waals surface area contributed by atoms with Gasteiger partial charge in [0.15, 0.2) is 11.6 Å². The Balaban J connectivity index is 1.80. The molecular formula is C22H20ClN3O2. The van der Waals surface area contributed by atoms with Gasteiger partial charge in [-0.05, 0) is 41.5 Å². The standard InChI is InChI=1S/C22H20ClN3O2/c1-26-10-9-24-22(26)21(27)12-17(14-3-5-15(23)6-4-14)19-13-25-20-8-7-16(28-2)11-18(19)20/h3-11,13,17,25H,12H2,1-2H3. The third-order valence-electron chi connectivity index (χ3n) is 5.03. The van der Waals surface area contributed by atoms with Gasteiger partial charge >= 0.3 is 0 Å². The predicted molar refractivity (Wildman–Crippen MR) is 110 cm³/mol. The maximum atomic E-state index is 13.0. The summed E-state index contributed by atoms with van der Waals surface area (Å²) in [5.74, 6) is 1.09. The van der Waals surface area contributed by atoms with Crippen LogP contribution < -0.4 is 4.74 Å². The van der Waals surface area contributed by atoms with Crippen molar-refractivity contribution in [3.05, 3.63) is 83.0 Å². The van der Waals surface area contributed by atoms with Crippen molar-refractivity contribution in [3.8, 4) is 5.75 Å². The van der Waals surface area contributed by atoms with Gasteiger partial charge in [-0.25, -0.2) is 4.98 Å². The minimum Gasteiger partial charge on any atom is -0.497 e. The Morgan fingerprint density at radius 2 is 2.04 bits per heavy atom. The summed E-state index contributed by atoms with van der Waals surface area (Å²) in [6.07, 6.45) is 5.69. The summed E-state index contributed by atoms with van der Waals surface area (Å²) in [5.41, 5.74) is 3.06. The molecule has 1 N–H and O–H groups in total. The maximum Gasteiger partial charge on any atom is 0.199 e. The van der Waals surface area contributed by atoms with E-state index in [0.717, 1.165) is 27.8 Å². The van der Waals surface area contributed by atoms with Crippen LogP contribution in [0.2, 0.25) is 5.02 Å². The van der Waals surface area contributed by atoms with Crippen LogP contribution in [0, 0.1) is 0 Å². The molecule has 142 valence electrons. The zero-order chi connectivity index (χ0) is 19.7. The number of halogens is 1. The highest BCUT2D eigenvalue weighted by atomic mass is 35.5. The summed E-state index contributed by atoms with van der Waals surface area (Å²) in [6, 6.07) is 13.5. The predicted octanol–water partition coefficient (Wildman–Crippen LogP) is 4.97. The Kier molecular flexibility index (Phi) is 4.92. The van der Waals surface area contributed by atoms with E-state index in [9.17, 15) is 4.79 Å². The lowest BCUT2D eigenvalue weighted by molar-refractivity contribution is 0.0965. The number of H-pyrrole nitrogens is 1. The van der Waals surface area contributed by atoms with E-state index >= 15 is 0 Å². The zero-order valence-corrected chi connectivity index (χ0v) is 16.4. The average Bonchev–Trinajstić information content (AvgIpc) is 3.32. The third kappa shape index (κ3) is 3.41. The summed E-state index contributed by atoms with van der Waals surface area (Å²) in [7, 11) is 3.48. The molecule has 6 heteroatoms. The second-order valence-corrected chi connectivity index (χ2v) is 7.19. The maximum absolute atomic E-state index is 13.0. The first-order valence-corrected chi connectivity index (χ1v) is 9.35. The van der Waals surface area contributed by atoms with Crippen LogP contribution in [-0.2, 0) is 7.05 Å². The number of methoxy groups -OCH3 is 1. The Morgan fingerprint density at radius 1 is 1.25 bits per heavy atom. The average molecular weight is 394 g/mol. The fraction of sp³-hybridized carbons (Fsp3) is 0.182. The van der Waals surface area contributed by atoms with Crippen molar-refractivity contribution in [2.45, 2.75) is 12.3 Å². The molecule has 0 aliphatic carbocycles. The molecule has 0 saturated carbocycles. The van der Waals surface area contributed by atoms with Gasteiger partial charge in [0.05, 0.1) is 7.11 Å². The number of hydrogen-bond acceptors (Lipinski definition) is 3. The van der Waals surface area contributed by atoms with E-state index in [0.29, 0.717) is 17.3 Å². The van der Waals surface area contributed by atoms with E-state index in [1.807, 2.05) is 55.7 Å². The van der Waals surface area contributed by atoms with E-state index in [4.69, 9.17) is 16.3 Å². The number of nitrogens with one attached hydrogen (secondary N) is 1. The Morgan fingerprint density at radius 3 is 2.71 bits per heavy atom. The molecule has 28 heavy (non-hydrogen) atoms. The van der Waals surface area contributed by atoms with E-state index in [1.54, 1.807) is 24.1 Å². The molecular weight excluding hydrogens is 374 g/mol. The minimum atomic E-state index is -0.137. The smallest absolute Gasteiger partial charge is 0.199 e. The number of ketones is 1. The van der Waals surface area contributed by atoms with Gasteiger partial charge in [-0.15, -0.1) is 0 Å². The topological polar surface area (TPSA) is 59.9 Å². The first kappa shape index (κ1) is 18.3. The molecule has 4 rings (SSSR count). The van der Waals surface area contributed by atoms with Crippen LogP contribution in [0.4, 0.5) is 0 Å². The first-order valence-electron chi connectivity index (χ1n) is 8.98. The van der Waals surface area contributed by atoms with Crippen LogP contribution >= 0.6 is 11.6 Å². The molecule has 0 amide bonds. The van der Waals surface area contributed by atoms with Gasteiger partial charge in [0.25, 0.3) is 0 Å². The number of carbonyl (C=O) groups is 1. The van der Waals surface area contributed by atoms with Crippen LogP contribution in [0.1, 0.15) is 34.1 Å². The van der Waals surface area contributed by atoms with E-state index in [1.165, 1.54) is 0 Å². The molecule has 1 atom stereocenters. The Bertz CT molecular complexity index is 1130. The van der Waals surface area contributed by atoms with Crippen LogP contribution in [-0.4, -0.2) is 27.4 Å². The highest BCUT2D eigenvalue weighted by Gasteiger charge is 2.24. The fourth-order valence-electron chi connectivity index (χ4n) is 3.55. The molecule has 0 aliphatic rings. The number of Topliss-reactive ketones (excluding diaryl/α,β-unsaturated/α-hetero) is 1. The van der Waals surface area contributed by atoms with Crippen LogP contribution in [0.3, 0.4) is 0 Å². The fourth-order valence-corrected chi connectivity index (χ4v) is 3.68. The quantitative estimate of drug-likeness (QED) is 0.470. The number of ether oxygens (including phenoxy) is 1. The van der Waals surface area contributed by atoms with Crippen molar-refractivity contribution in [1.82, 2.24) is 14.5 Å². The number of aromatic nitrogens is 3. The largest absolute Gasteiger partial charge is 0.497 e. The van der Waals surface area contributed by atoms with Gasteiger partial charge in [-0.2, -0.15) is 0 Å². The zero-order valence-electron chi connectivity index (χ0n) is 15.6. The summed E-state index contributed by atoms with van der Waals surface area (Å²) in [6.45, 7) is 0. The molecule has 0 bridgehead atoms. The van der Waals surface area contributed by atoms with Crippen molar-refractivity contribution in [2.75, 3.05) is 7.11 Å². The van der Waals surface area contributed by atoms with Crippen LogP contribution in [0.5, 0.6) is 5.75 Å². The molecule has 4 aromatic rings. The Labute approximate surface area is 167 Å². The molecule has 0 saturated heterocycles. The number of aromatic amines is 1. The number of nitrogens with zero attached hydrogens (tertiary/aromatic N) is 2. The SMILES string of the molecule is COc1ccc2[nH]cc(C(CC(=O)c3nccn3C)c3ccc(Cl)cc3)c2c1. The van der Waals surface area contributed by atoms with Gasteiger partial charge < -0.3 is 14.3 Å². The molecule has 1 unspecified atom stereocenters. The van der Waals surface area contributed by atoms with E-state index < -0.39 is 0 Å². The number of aryl methyl sites for hydroxylation is 1. The van der Waals surface area contributed by atoms with Crippen LogP contribution in [0.15, 0.2) is 61.1 Å². The van der Waals surface area contributed by atoms with Crippen molar-refractivity contribution >= 4 is 28.3 Å². The van der Waals surface area contributed by atoms with Crippen molar-refractivity contribution in [3.63, 3.8) is 0 Å². The highest BCUT2D eigenvalue weighted by Crippen LogP contribution is 2.36. The number of benzene rings is 2. The number of hydrogen-bond donors (Lipinski definition) is 1. The minimum absolute atomic E-state index is 0.00954. The van der Waals surface area contributed by atoms with Crippen molar-refractivity contribution in [2.24, 2.45) is 7.05 Å².